The molecule has 0 bridgehead atoms. The van der Waals surface area contributed by atoms with Crippen molar-refractivity contribution < 1.29 is 9.53 Å². The van der Waals surface area contributed by atoms with Crippen molar-refractivity contribution in [1.82, 2.24) is 5.32 Å². The van der Waals surface area contributed by atoms with E-state index in [2.05, 4.69) is 31.4 Å². The molecule has 0 aliphatic carbocycles. The Morgan fingerprint density at radius 2 is 2.16 bits per heavy atom. The zero-order chi connectivity index (χ0) is 13.8. The number of anilines is 1. The number of hydrogen-bond acceptors (Lipinski definition) is 3. The monoisotopic (exact) mass is 262 g/mol. The molecule has 1 amide bonds. The second kappa shape index (κ2) is 6.06. The first-order chi connectivity index (χ1) is 9.06. The average Bonchev–Trinajstić information content (AvgIpc) is 2.37. The number of fused-ring (bicyclic) bond motifs is 1. The summed E-state index contributed by atoms with van der Waals surface area (Å²) in [5, 5.41) is 6.33. The third kappa shape index (κ3) is 3.70. The zero-order valence-electron chi connectivity index (χ0n) is 11.8. The summed E-state index contributed by atoms with van der Waals surface area (Å²) in [6, 6.07) is 6.22. The average molecular weight is 262 g/mol. The van der Waals surface area contributed by atoms with E-state index in [1.54, 1.807) is 0 Å². The SMILES string of the molecule is CC(C)CCNC(C)c1ccc2c(c1)NC(=O)CO2. The van der Waals surface area contributed by atoms with Crippen molar-refractivity contribution in [2.45, 2.75) is 33.2 Å². The number of ether oxygens (including phenoxy) is 1. The van der Waals surface area contributed by atoms with Crippen LogP contribution in [0.1, 0.15) is 38.8 Å². The predicted octanol–water partition coefficient (Wildman–Crippen LogP) is 2.71. The topological polar surface area (TPSA) is 50.4 Å². The summed E-state index contributed by atoms with van der Waals surface area (Å²) >= 11 is 0. The second-order valence-electron chi connectivity index (χ2n) is 5.45. The molecule has 4 nitrogen and oxygen atoms in total. The van der Waals surface area contributed by atoms with Crippen molar-refractivity contribution in [2.75, 3.05) is 18.5 Å². The quantitative estimate of drug-likeness (QED) is 0.858. The maximum absolute atomic E-state index is 11.3. The summed E-state index contributed by atoms with van der Waals surface area (Å²) in [5.41, 5.74) is 1.93. The van der Waals surface area contributed by atoms with Crippen LogP contribution in [-0.4, -0.2) is 19.1 Å². The van der Waals surface area contributed by atoms with Gasteiger partial charge in [0, 0.05) is 6.04 Å². The Kier molecular flexibility index (Phi) is 4.43. The number of nitrogens with one attached hydrogen (secondary N) is 2. The molecule has 0 radical (unpaired) electrons. The predicted molar refractivity (Wildman–Crippen MR) is 76.4 cm³/mol. The van der Waals surface area contributed by atoms with Crippen molar-refractivity contribution >= 4 is 11.6 Å². The summed E-state index contributed by atoms with van der Waals surface area (Å²) < 4.78 is 5.35. The molecule has 2 rings (SSSR count). The van der Waals surface area contributed by atoms with E-state index in [-0.39, 0.29) is 18.6 Å². The molecule has 0 aromatic heterocycles. The van der Waals surface area contributed by atoms with Crippen LogP contribution in [0.25, 0.3) is 0 Å². The maximum Gasteiger partial charge on any atom is 0.262 e. The van der Waals surface area contributed by atoms with Crippen molar-refractivity contribution in [3.63, 3.8) is 0 Å². The molecule has 1 unspecified atom stereocenters. The highest BCUT2D eigenvalue weighted by molar-refractivity contribution is 5.95. The molecule has 0 saturated heterocycles. The van der Waals surface area contributed by atoms with Gasteiger partial charge in [0.25, 0.3) is 5.91 Å². The minimum absolute atomic E-state index is 0.0925. The fourth-order valence-electron chi connectivity index (χ4n) is 2.08. The van der Waals surface area contributed by atoms with Gasteiger partial charge in [0.1, 0.15) is 5.75 Å². The Morgan fingerprint density at radius 3 is 2.89 bits per heavy atom. The van der Waals surface area contributed by atoms with E-state index >= 15 is 0 Å². The van der Waals surface area contributed by atoms with Crippen LogP contribution in [0.3, 0.4) is 0 Å². The normalized spacial score (nSPS) is 15.7. The molecule has 19 heavy (non-hydrogen) atoms. The van der Waals surface area contributed by atoms with Crippen LogP contribution < -0.4 is 15.4 Å². The number of carbonyl (C=O) groups excluding carboxylic acids is 1. The van der Waals surface area contributed by atoms with E-state index in [4.69, 9.17) is 4.74 Å². The lowest BCUT2D eigenvalue weighted by molar-refractivity contribution is -0.118. The number of amides is 1. The Morgan fingerprint density at radius 1 is 1.37 bits per heavy atom. The summed E-state index contributed by atoms with van der Waals surface area (Å²) in [6.45, 7) is 7.68. The standard InChI is InChI=1S/C15H22N2O2/c1-10(2)6-7-16-11(3)12-4-5-14-13(8-12)17-15(18)9-19-14/h4-5,8,10-11,16H,6-7,9H2,1-3H3,(H,17,18). The van der Waals surface area contributed by atoms with Crippen molar-refractivity contribution in [3.05, 3.63) is 23.8 Å². The molecule has 1 aliphatic heterocycles. The zero-order valence-corrected chi connectivity index (χ0v) is 11.8. The lowest BCUT2D eigenvalue weighted by atomic mass is 10.1. The molecule has 0 fully saturated rings. The van der Waals surface area contributed by atoms with E-state index in [9.17, 15) is 4.79 Å². The molecule has 1 aromatic carbocycles. The van der Waals surface area contributed by atoms with Gasteiger partial charge < -0.3 is 15.4 Å². The van der Waals surface area contributed by atoms with Crippen LogP contribution in [0.15, 0.2) is 18.2 Å². The van der Waals surface area contributed by atoms with Crippen LogP contribution in [0, 0.1) is 5.92 Å². The summed E-state index contributed by atoms with van der Waals surface area (Å²) in [6.07, 6.45) is 1.16. The molecule has 0 spiro atoms. The highest BCUT2D eigenvalue weighted by Crippen LogP contribution is 2.30. The van der Waals surface area contributed by atoms with Gasteiger partial charge in [-0.2, -0.15) is 0 Å². The highest BCUT2D eigenvalue weighted by Gasteiger charge is 2.17. The Bertz CT molecular complexity index is 457. The van der Waals surface area contributed by atoms with Gasteiger partial charge >= 0.3 is 0 Å². The Hall–Kier alpha value is -1.55. The lowest BCUT2D eigenvalue weighted by Crippen LogP contribution is -2.26. The molecule has 2 N–H and O–H groups in total. The molecular weight excluding hydrogens is 240 g/mol. The van der Waals surface area contributed by atoms with Gasteiger partial charge in [0.2, 0.25) is 0 Å². The molecule has 104 valence electrons. The minimum atomic E-state index is -0.0925. The maximum atomic E-state index is 11.3. The molecular formula is C15H22N2O2. The van der Waals surface area contributed by atoms with E-state index < -0.39 is 0 Å². The first-order valence-corrected chi connectivity index (χ1v) is 6.86. The third-order valence-electron chi connectivity index (χ3n) is 3.31. The number of rotatable bonds is 5. The fourth-order valence-corrected chi connectivity index (χ4v) is 2.08. The summed E-state index contributed by atoms with van der Waals surface area (Å²) in [7, 11) is 0. The smallest absolute Gasteiger partial charge is 0.262 e. The van der Waals surface area contributed by atoms with Crippen LogP contribution in [0.5, 0.6) is 5.75 Å². The molecule has 1 aromatic rings. The number of benzene rings is 1. The van der Waals surface area contributed by atoms with Gasteiger partial charge in [0.15, 0.2) is 6.61 Å². The van der Waals surface area contributed by atoms with Crippen molar-refractivity contribution in [2.24, 2.45) is 5.92 Å². The Labute approximate surface area is 114 Å². The van der Waals surface area contributed by atoms with Gasteiger partial charge in [0.05, 0.1) is 5.69 Å². The molecule has 4 heteroatoms. The van der Waals surface area contributed by atoms with Gasteiger partial charge in [-0.1, -0.05) is 19.9 Å². The van der Waals surface area contributed by atoms with Gasteiger partial charge in [-0.15, -0.1) is 0 Å². The van der Waals surface area contributed by atoms with Gasteiger partial charge in [-0.25, -0.2) is 0 Å². The molecule has 1 heterocycles. The third-order valence-corrected chi connectivity index (χ3v) is 3.31. The van der Waals surface area contributed by atoms with Crippen LogP contribution in [0.2, 0.25) is 0 Å². The first kappa shape index (κ1) is 13.9. The van der Waals surface area contributed by atoms with E-state index in [1.165, 1.54) is 0 Å². The molecule has 1 atom stereocenters. The summed E-state index contributed by atoms with van der Waals surface area (Å²) in [5.74, 6) is 1.36. The van der Waals surface area contributed by atoms with Gasteiger partial charge in [-0.05, 0) is 43.5 Å². The number of hydrogen-bond donors (Lipinski definition) is 2. The molecule has 0 saturated carbocycles. The van der Waals surface area contributed by atoms with Crippen molar-refractivity contribution in [1.29, 1.82) is 0 Å². The molecule has 1 aliphatic rings. The van der Waals surface area contributed by atoms with Gasteiger partial charge in [-0.3, -0.25) is 4.79 Å². The van der Waals surface area contributed by atoms with Crippen LogP contribution in [0.4, 0.5) is 5.69 Å². The fraction of sp³-hybridized carbons (Fsp3) is 0.533. The van der Waals surface area contributed by atoms with E-state index in [1.807, 2.05) is 18.2 Å². The van der Waals surface area contributed by atoms with E-state index in [0.717, 1.165) is 30.0 Å². The van der Waals surface area contributed by atoms with Crippen molar-refractivity contribution in [3.8, 4) is 5.75 Å². The number of carbonyl (C=O) groups is 1. The minimum Gasteiger partial charge on any atom is -0.482 e. The summed E-state index contributed by atoms with van der Waals surface area (Å²) in [4.78, 5) is 11.3. The van der Waals surface area contributed by atoms with Crippen LogP contribution >= 0.6 is 0 Å². The second-order valence-corrected chi connectivity index (χ2v) is 5.45. The lowest BCUT2D eigenvalue weighted by Gasteiger charge is -2.21. The first-order valence-electron chi connectivity index (χ1n) is 6.86. The largest absolute Gasteiger partial charge is 0.482 e. The van der Waals surface area contributed by atoms with E-state index in [0.29, 0.717) is 5.92 Å². The Balaban J connectivity index is 2.00. The highest BCUT2D eigenvalue weighted by atomic mass is 16.5. The van der Waals surface area contributed by atoms with Crippen LogP contribution in [-0.2, 0) is 4.79 Å².